The van der Waals surface area contributed by atoms with Crippen molar-refractivity contribution in [2.75, 3.05) is 0 Å². The average Bonchev–Trinajstić information content (AvgIpc) is 2.70. The maximum absolute atomic E-state index is 12.8. The number of pyridine rings is 1. The van der Waals surface area contributed by atoms with Gasteiger partial charge >= 0.3 is 6.18 Å². The Bertz CT molecular complexity index is 497. The fraction of sp³-hybridized carbons (Fsp3) is 0.615. The second-order valence-electron chi connectivity index (χ2n) is 5.35. The van der Waals surface area contributed by atoms with Crippen molar-refractivity contribution >= 4 is 11.6 Å². The third-order valence-electron chi connectivity index (χ3n) is 3.85. The molecule has 3 atom stereocenters. The first kappa shape index (κ1) is 13.9. The van der Waals surface area contributed by atoms with Crippen LogP contribution in [0.4, 0.5) is 13.2 Å². The van der Waals surface area contributed by atoms with Gasteiger partial charge in [0.15, 0.2) is 0 Å². The molecule has 1 N–H and O–H groups in total. The number of fused-ring (bicyclic) bond motifs is 2. The molecule has 1 aromatic rings. The van der Waals surface area contributed by atoms with Crippen LogP contribution >= 0.6 is 11.6 Å². The fourth-order valence-corrected chi connectivity index (χ4v) is 3.18. The van der Waals surface area contributed by atoms with Gasteiger partial charge in [-0.25, -0.2) is 4.98 Å². The van der Waals surface area contributed by atoms with Gasteiger partial charge in [-0.3, -0.25) is 0 Å². The van der Waals surface area contributed by atoms with Gasteiger partial charge in [0.2, 0.25) is 5.88 Å². The molecular weight excluding hydrogens is 293 g/mol. The van der Waals surface area contributed by atoms with Crippen molar-refractivity contribution < 1.29 is 17.9 Å². The maximum atomic E-state index is 12.8. The summed E-state index contributed by atoms with van der Waals surface area (Å²) < 4.78 is 43.9. The van der Waals surface area contributed by atoms with Crippen molar-refractivity contribution in [3.05, 3.63) is 22.8 Å². The van der Waals surface area contributed by atoms with E-state index in [0.29, 0.717) is 12.1 Å². The standard InChI is InChI=1S/C13H14ClF3N2O/c14-11-6-18-12(5-10(11)13(15,16)17)20-9-3-7-1-2-8(4-9)19-7/h5-9,19H,1-4H2/t7-,8+,9-. The fourth-order valence-electron chi connectivity index (χ4n) is 2.97. The second kappa shape index (κ2) is 5.07. The Morgan fingerprint density at radius 3 is 2.50 bits per heavy atom. The number of aromatic nitrogens is 1. The highest BCUT2D eigenvalue weighted by molar-refractivity contribution is 6.31. The quantitative estimate of drug-likeness (QED) is 0.909. The SMILES string of the molecule is FC(F)(F)c1cc(O[C@@H]2C[C@H]3CC[C@@H](C2)N3)ncc1Cl. The van der Waals surface area contributed by atoms with Crippen molar-refractivity contribution in [2.24, 2.45) is 0 Å². The first-order valence-corrected chi connectivity index (χ1v) is 6.95. The van der Waals surface area contributed by atoms with Gasteiger partial charge in [0.05, 0.1) is 16.8 Å². The van der Waals surface area contributed by atoms with Crippen LogP contribution in [0.15, 0.2) is 12.3 Å². The number of hydrogen-bond donors (Lipinski definition) is 1. The lowest BCUT2D eigenvalue weighted by molar-refractivity contribution is -0.137. The maximum Gasteiger partial charge on any atom is 0.418 e. The Balaban J connectivity index is 1.75. The molecule has 2 saturated heterocycles. The van der Waals surface area contributed by atoms with E-state index >= 15 is 0 Å². The summed E-state index contributed by atoms with van der Waals surface area (Å²) in [5.74, 6) is -0.00646. The Kier molecular flexibility index (Phi) is 3.54. The van der Waals surface area contributed by atoms with Crippen LogP contribution in [0.25, 0.3) is 0 Å². The second-order valence-corrected chi connectivity index (χ2v) is 5.76. The molecular formula is C13H14ClF3N2O. The monoisotopic (exact) mass is 306 g/mol. The van der Waals surface area contributed by atoms with Crippen LogP contribution in [0, 0.1) is 0 Å². The molecule has 20 heavy (non-hydrogen) atoms. The summed E-state index contributed by atoms with van der Waals surface area (Å²) in [6, 6.07) is 1.70. The van der Waals surface area contributed by atoms with Crippen LogP contribution in [0.2, 0.25) is 5.02 Å². The molecule has 2 aliphatic rings. The molecule has 0 aliphatic carbocycles. The minimum absolute atomic E-state index is 0.00646. The lowest BCUT2D eigenvalue weighted by Gasteiger charge is -2.29. The number of halogens is 4. The van der Waals surface area contributed by atoms with Gasteiger partial charge in [0.25, 0.3) is 0 Å². The molecule has 0 spiro atoms. The summed E-state index contributed by atoms with van der Waals surface area (Å²) in [4.78, 5) is 3.84. The summed E-state index contributed by atoms with van der Waals surface area (Å²) >= 11 is 5.53. The van der Waals surface area contributed by atoms with Crippen LogP contribution in [-0.2, 0) is 6.18 Å². The highest BCUT2D eigenvalue weighted by atomic mass is 35.5. The molecule has 3 rings (SSSR count). The minimum Gasteiger partial charge on any atom is -0.474 e. The van der Waals surface area contributed by atoms with Crippen LogP contribution in [-0.4, -0.2) is 23.2 Å². The zero-order valence-electron chi connectivity index (χ0n) is 10.6. The van der Waals surface area contributed by atoms with Gasteiger partial charge in [-0.2, -0.15) is 13.2 Å². The average molecular weight is 307 g/mol. The smallest absolute Gasteiger partial charge is 0.418 e. The van der Waals surface area contributed by atoms with Crippen molar-refractivity contribution in [3.63, 3.8) is 0 Å². The van der Waals surface area contributed by atoms with E-state index in [4.69, 9.17) is 16.3 Å². The lowest BCUT2D eigenvalue weighted by Crippen LogP contribution is -2.42. The van der Waals surface area contributed by atoms with Gasteiger partial charge in [-0.05, 0) is 25.7 Å². The topological polar surface area (TPSA) is 34.1 Å². The molecule has 3 nitrogen and oxygen atoms in total. The summed E-state index contributed by atoms with van der Waals surface area (Å²) in [5, 5.41) is 3.04. The van der Waals surface area contributed by atoms with E-state index < -0.39 is 16.8 Å². The molecule has 0 unspecified atom stereocenters. The number of ether oxygens (including phenoxy) is 1. The summed E-state index contributed by atoms with van der Waals surface area (Å²) in [6.45, 7) is 0. The van der Waals surface area contributed by atoms with Gasteiger partial charge in [0, 0.05) is 18.2 Å². The first-order valence-electron chi connectivity index (χ1n) is 6.57. The number of hydrogen-bond acceptors (Lipinski definition) is 3. The highest BCUT2D eigenvalue weighted by Crippen LogP contribution is 2.36. The van der Waals surface area contributed by atoms with E-state index in [1.165, 1.54) is 0 Å². The van der Waals surface area contributed by atoms with E-state index in [2.05, 4.69) is 10.3 Å². The molecule has 3 heterocycles. The van der Waals surface area contributed by atoms with Gasteiger partial charge in [-0.1, -0.05) is 11.6 Å². The van der Waals surface area contributed by atoms with E-state index in [0.717, 1.165) is 37.9 Å². The van der Waals surface area contributed by atoms with Crippen LogP contribution < -0.4 is 10.1 Å². The van der Waals surface area contributed by atoms with Crippen LogP contribution in [0.5, 0.6) is 5.88 Å². The molecule has 1 aromatic heterocycles. The first-order chi connectivity index (χ1) is 9.41. The minimum atomic E-state index is -4.49. The predicted octanol–water partition coefficient (Wildman–Crippen LogP) is 3.42. The van der Waals surface area contributed by atoms with Crippen molar-refractivity contribution in [1.82, 2.24) is 10.3 Å². The lowest BCUT2D eigenvalue weighted by atomic mass is 10.0. The van der Waals surface area contributed by atoms with E-state index in [1.54, 1.807) is 0 Å². The summed E-state index contributed by atoms with van der Waals surface area (Å²) in [5.41, 5.74) is -0.902. The van der Waals surface area contributed by atoms with Crippen molar-refractivity contribution in [2.45, 2.75) is 50.0 Å². The predicted molar refractivity (Wildman–Crippen MR) is 67.8 cm³/mol. The third kappa shape index (κ3) is 2.86. The number of piperidine rings is 1. The van der Waals surface area contributed by atoms with E-state index in [1.807, 2.05) is 0 Å². The molecule has 0 aromatic carbocycles. The van der Waals surface area contributed by atoms with Gasteiger partial charge in [0.1, 0.15) is 6.10 Å². The molecule has 7 heteroatoms. The van der Waals surface area contributed by atoms with Crippen LogP contribution in [0.3, 0.4) is 0 Å². The normalized spacial score (nSPS) is 29.5. The zero-order valence-corrected chi connectivity index (χ0v) is 11.3. The van der Waals surface area contributed by atoms with Gasteiger partial charge < -0.3 is 10.1 Å². The number of nitrogens with one attached hydrogen (secondary N) is 1. The largest absolute Gasteiger partial charge is 0.474 e. The summed E-state index contributed by atoms with van der Waals surface area (Å²) in [7, 11) is 0. The number of rotatable bonds is 2. The molecule has 110 valence electrons. The summed E-state index contributed by atoms with van der Waals surface area (Å²) in [6.07, 6.45) is 0.243. The molecule has 2 aliphatic heterocycles. The third-order valence-corrected chi connectivity index (χ3v) is 4.15. The molecule has 0 amide bonds. The molecule has 0 radical (unpaired) electrons. The Hall–Kier alpha value is -1.01. The molecule has 2 bridgehead atoms. The highest BCUT2D eigenvalue weighted by Gasteiger charge is 2.36. The molecule has 2 fully saturated rings. The molecule has 0 saturated carbocycles. The Morgan fingerprint density at radius 2 is 1.90 bits per heavy atom. The van der Waals surface area contributed by atoms with E-state index in [-0.39, 0.29) is 12.0 Å². The van der Waals surface area contributed by atoms with E-state index in [9.17, 15) is 13.2 Å². The number of alkyl halides is 3. The number of nitrogens with zero attached hydrogens (tertiary/aromatic N) is 1. The van der Waals surface area contributed by atoms with Gasteiger partial charge in [-0.15, -0.1) is 0 Å². The Morgan fingerprint density at radius 1 is 1.25 bits per heavy atom. The van der Waals surface area contributed by atoms with Crippen molar-refractivity contribution in [1.29, 1.82) is 0 Å². The Labute approximate surface area is 119 Å². The van der Waals surface area contributed by atoms with Crippen molar-refractivity contribution in [3.8, 4) is 5.88 Å². The van der Waals surface area contributed by atoms with Crippen LogP contribution in [0.1, 0.15) is 31.2 Å². The zero-order chi connectivity index (χ0) is 14.3.